The Bertz CT molecular complexity index is 519. The Hall–Kier alpha value is -1.55. The lowest BCUT2D eigenvalue weighted by Crippen LogP contribution is -2.04. The molecule has 0 saturated carbocycles. The van der Waals surface area contributed by atoms with E-state index in [4.69, 9.17) is 4.74 Å². The summed E-state index contributed by atoms with van der Waals surface area (Å²) in [6, 6.07) is 9.72. The standard InChI is InChI=1S/C13H12BrNO2/c1-2-17-13(16)10-8-15-12(14)11(10)9-6-4-3-5-7-9/h3-8,15H,2H2,1H3. The zero-order valence-corrected chi connectivity index (χ0v) is 11.0. The van der Waals surface area contributed by atoms with Crippen molar-refractivity contribution in [3.05, 3.63) is 46.7 Å². The Morgan fingerprint density at radius 1 is 1.35 bits per heavy atom. The number of hydrogen-bond donors (Lipinski definition) is 1. The lowest BCUT2D eigenvalue weighted by atomic mass is 10.1. The van der Waals surface area contributed by atoms with E-state index in [-0.39, 0.29) is 5.97 Å². The van der Waals surface area contributed by atoms with Gasteiger partial charge in [-0.3, -0.25) is 0 Å². The summed E-state index contributed by atoms with van der Waals surface area (Å²) >= 11 is 3.41. The van der Waals surface area contributed by atoms with E-state index in [2.05, 4.69) is 20.9 Å². The summed E-state index contributed by atoms with van der Waals surface area (Å²) in [5, 5.41) is 0. The third-order valence-corrected chi connectivity index (χ3v) is 3.02. The number of benzene rings is 1. The first kappa shape index (κ1) is 11.9. The fourth-order valence-electron chi connectivity index (χ4n) is 1.65. The highest BCUT2D eigenvalue weighted by Gasteiger charge is 2.18. The van der Waals surface area contributed by atoms with Crippen LogP contribution in [0.5, 0.6) is 0 Å². The van der Waals surface area contributed by atoms with Crippen molar-refractivity contribution in [2.45, 2.75) is 6.92 Å². The Balaban J connectivity index is 2.47. The van der Waals surface area contributed by atoms with Crippen LogP contribution < -0.4 is 0 Å². The first-order valence-corrected chi connectivity index (χ1v) is 6.12. The number of nitrogens with one attached hydrogen (secondary N) is 1. The SMILES string of the molecule is CCOC(=O)c1c[nH]c(Br)c1-c1ccccc1. The molecule has 88 valence electrons. The molecule has 17 heavy (non-hydrogen) atoms. The van der Waals surface area contributed by atoms with Gasteiger partial charge in [0, 0.05) is 11.8 Å². The molecule has 0 amide bonds. The monoisotopic (exact) mass is 293 g/mol. The van der Waals surface area contributed by atoms with Crippen LogP contribution >= 0.6 is 15.9 Å². The minimum absolute atomic E-state index is 0.312. The third kappa shape index (κ3) is 2.42. The van der Waals surface area contributed by atoms with Crippen molar-refractivity contribution < 1.29 is 9.53 Å². The molecule has 1 N–H and O–H groups in total. The molecular formula is C13H12BrNO2. The second-order valence-corrected chi connectivity index (χ2v) is 4.27. The van der Waals surface area contributed by atoms with Crippen molar-refractivity contribution in [2.75, 3.05) is 6.61 Å². The number of aromatic amines is 1. The Morgan fingerprint density at radius 2 is 2.06 bits per heavy atom. The zero-order valence-electron chi connectivity index (χ0n) is 9.37. The summed E-state index contributed by atoms with van der Waals surface area (Å²) in [4.78, 5) is 14.8. The minimum Gasteiger partial charge on any atom is -0.462 e. The number of halogens is 1. The summed E-state index contributed by atoms with van der Waals surface area (Å²) in [7, 11) is 0. The second-order valence-electron chi connectivity index (χ2n) is 3.48. The molecule has 0 saturated heterocycles. The largest absolute Gasteiger partial charge is 0.462 e. The van der Waals surface area contributed by atoms with Gasteiger partial charge in [-0.05, 0) is 28.4 Å². The maximum atomic E-state index is 11.8. The van der Waals surface area contributed by atoms with Crippen LogP contribution in [0, 0.1) is 0 Å². The normalized spacial score (nSPS) is 10.2. The van der Waals surface area contributed by atoms with E-state index in [1.54, 1.807) is 13.1 Å². The van der Waals surface area contributed by atoms with Crippen LogP contribution in [-0.4, -0.2) is 17.6 Å². The van der Waals surface area contributed by atoms with Gasteiger partial charge in [-0.1, -0.05) is 30.3 Å². The average molecular weight is 294 g/mol. The van der Waals surface area contributed by atoms with Gasteiger partial charge in [-0.15, -0.1) is 0 Å². The van der Waals surface area contributed by atoms with E-state index in [0.29, 0.717) is 12.2 Å². The fraction of sp³-hybridized carbons (Fsp3) is 0.154. The number of esters is 1. The molecule has 1 aromatic heterocycles. The number of rotatable bonds is 3. The van der Waals surface area contributed by atoms with E-state index < -0.39 is 0 Å². The third-order valence-electron chi connectivity index (χ3n) is 2.39. The van der Waals surface area contributed by atoms with Gasteiger partial charge in [0.1, 0.15) is 0 Å². The molecule has 0 aliphatic carbocycles. The van der Waals surface area contributed by atoms with Crippen LogP contribution in [0.25, 0.3) is 11.1 Å². The van der Waals surface area contributed by atoms with Gasteiger partial charge in [-0.2, -0.15) is 0 Å². The quantitative estimate of drug-likeness (QED) is 0.878. The molecule has 0 atom stereocenters. The number of H-pyrrole nitrogens is 1. The van der Waals surface area contributed by atoms with Gasteiger partial charge in [0.2, 0.25) is 0 Å². The van der Waals surface area contributed by atoms with Crippen molar-refractivity contribution in [1.82, 2.24) is 4.98 Å². The topological polar surface area (TPSA) is 42.1 Å². The molecule has 4 heteroatoms. The molecule has 1 heterocycles. The van der Waals surface area contributed by atoms with Gasteiger partial charge in [-0.25, -0.2) is 4.79 Å². The first-order valence-electron chi connectivity index (χ1n) is 5.33. The van der Waals surface area contributed by atoms with Crippen molar-refractivity contribution >= 4 is 21.9 Å². The molecular weight excluding hydrogens is 282 g/mol. The summed E-state index contributed by atoms with van der Waals surface area (Å²) in [5.74, 6) is -0.312. The Labute approximate surface area is 108 Å². The smallest absolute Gasteiger partial charge is 0.340 e. The van der Waals surface area contributed by atoms with Crippen LogP contribution in [0.1, 0.15) is 17.3 Å². The predicted molar refractivity (Wildman–Crippen MR) is 69.9 cm³/mol. The van der Waals surface area contributed by atoms with E-state index in [0.717, 1.165) is 15.7 Å². The van der Waals surface area contributed by atoms with Crippen molar-refractivity contribution in [2.24, 2.45) is 0 Å². The van der Waals surface area contributed by atoms with E-state index in [9.17, 15) is 4.79 Å². The van der Waals surface area contributed by atoms with Crippen LogP contribution in [0.15, 0.2) is 41.1 Å². The minimum atomic E-state index is -0.312. The highest BCUT2D eigenvalue weighted by Crippen LogP contribution is 2.31. The van der Waals surface area contributed by atoms with Gasteiger partial charge >= 0.3 is 5.97 Å². The summed E-state index contributed by atoms with van der Waals surface area (Å²) < 4.78 is 5.81. The molecule has 0 aliphatic heterocycles. The van der Waals surface area contributed by atoms with Crippen LogP contribution in [0.4, 0.5) is 0 Å². The number of ether oxygens (including phenoxy) is 1. The lowest BCUT2D eigenvalue weighted by Gasteiger charge is -2.04. The van der Waals surface area contributed by atoms with Crippen LogP contribution in [-0.2, 0) is 4.74 Å². The van der Waals surface area contributed by atoms with E-state index in [1.807, 2.05) is 30.3 Å². The average Bonchev–Trinajstić information content (AvgIpc) is 2.73. The maximum Gasteiger partial charge on any atom is 0.340 e. The van der Waals surface area contributed by atoms with Gasteiger partial charge < -0.3 is 9.72 Å². The van der Waals surface area contributed by atoms with Crippen LogP contribution in [0.2, 0.25) is 0 Å². The molecule has 0 aliphatic rings. The van der Waals surface area contributed by atoms with E-state index in [1.165, 1.54) is 0 Å². The van der Waals surface area contributed by atoms with Crippen molar-refractivity contribution in [1.29, 1.82) is 0 Å². The van der Waals surface area contributed by atoms with Gasteiger partial charge in [0.05, 0.1) is 16.8 Å². The number of carbonyl (C=O) groups is 1. The Morgan fingerprint density at radius 3 is 2.71 bits per heavy atom. The summed E-state index contributed by atoms with van der Waals surface area (Å²) in [5.41, 5.74) is 2.36. The molecule has 0 spiro atoms. The van der Waals surface area contributed by atoms with Crippen molar-refractivity contribution in [3.8, 4) is 11.1 Å². The fourth-order valence-corrected chi connectivity index (χ4v) is 2.21. The summed E-state index contributed by atoms with van der Waals surface area (Å²) in [6.07, 6.45) is 1.66. The Kier molecular flexibility index (Phi) is 3.64. The maximum absolute atomic E-state index is 11.8. The zero-order chi connectivity index (χ0) is 12.3. The molecule has 2 aromatic rings. The highest BCUT2D eigenvalue weighted by atomic mass is 79.9. The number of aromatic nitrogens is 1. The molecule has 0 radical (unpaired) electrons. The predicted octanol–water partition coefficient (Wildman–Crippen LogP) is 3.62. The molecule has 3 nitrogen and oxygen atoms in total. The molecule has 1 aromatic carbocycles. The number of carbonyl (C=O) groups excluding carboxylic acids is 1. The highest BCUT2D eigenvalue weighted by molar-refractivity contribution is 9.10. The van der Waals surface area contributed by atoms with Gasteiger partial charge in [0.15, 0.2) is 0 Å². The van der Waals surface area contributed by atoms with Crippen molar-refractivity contribution in [3.63, 3.8) is 0 Å². The molecule has 0 bridgehead atoms. The lowest BCUT2D eigenvalue weighted by molar-refractivity contribution is 0.0527. The van der Waals surface area contributed by atoms with Gasteiger partial charge in [0.25, 0.3) is 0 Å². The summed E-state index contributed by atoms with van der Waals surface area (Å²) in [6.45, 7) is 2.16. The molecule has 2 rings (SSSR count). The first-order chi connectivity index (χ1) is 8.24. The second kappa shape index (κ2) is 5.19. The van der Waals surface area contributed by atoms with Crippen LogP contribution in [0.3, 0.4) is 0 Å². The van der Waals surface area contributed by atoms with E-state index >= 15 is 0 Å². The molecule has 0 unspecified atom stereocenters. The molecule has 0 fully saturated rings. The number of hydrogen-bond acceptors (Lipinski definition) is 2.